The summed E-state index contributed by atoms with van der Waals surface area (Å²) in [4.78, 5) is 13.1. The summed E-state index contributed by atoms with van der Waals surface area (Å²) in [6, 6.07) is 10.0. The van der Waals surface area contributed by atoms with Gasteiger partial charge < -0.3 is 10.1 Å². The summed E-state index contributed by atoms with van der Waals surface area (Å²) in [6.45, 7) is 9.42. The molecular formula is C23H32N2O4S. The number of sulfonamides is 1. The van der Waals surface area contributed by atoms with Crippen LogP contribution in [0.1, 0.15) is 48.6 Å². The molecule has 0 saturated heterocycles. The molecule has 0 heterocycles. The van der Waals surface area contributed by atoms with Crippen molar-refractivity contribution in [3.05, 3.63) is 58.7 Å². The van der Waals surface area contributed by atoms with Gasteiger partial charge in [0.15, 0.2) is 0 Å². The summed E-state index contributed by atoms with van der Waals surface area (Å²) in [6.07, 6.45) is 1.79. The standard InChI is InChI=1S/C23H32N2O4S/c1-8-21(19-10-12-22(29-6)17(4)13-19)24-23(26)18(5)25(30(7,27)28)20-11-9-15(2)16(3)14-20/h9-14,18,21H,8H2,1-7H3,(H,24,26)/t18-,21-/m0/s1. The molecule has 2 aromatic carbocycles. The average Bonchev–Trinajstić information content (AvgIpc) is 2.67. The normalized spacial score (nSPS) is 13.4. The first-order chi connectivity index (χ1) is 14.0. The average molecular weight is 433 g/mol. The highest BCUT2D eigenvalue weighted by molar-refractivity contribution is 7.92. The Hall–Kier alpha value is -2.54. The molecule has 0 aliphatic carbocycles. The molecule has 1 N–H and O–H groups in total. The summed E-state index contributed by atoms with van der Waals surface area (Å²) < 4.78 is 31.6. The molecule has 0 aliphatic rings. The molecule has 1 amide bonds. The van der Waals surface area contributed by atoms with Gasteiger partial charge in [0.05, 0.1) is 25.1 Å². The van der Waals surface area contributed by atoms with Crippen LogP contribution in [-0.4, -0.2) is 33.7 Å². The molecule has 6 nitrogen and oxygen atoms in total. The highest BCUT2D eigenvalue weighted by Gasteiger charge is 2.30. The number of amides is 1. The van der Waals surface area contributed by atoms with Crippen molar-refractivity contribution in [2.75, 3.05) is 17.7 Å². The van der Waals surface area contributed by atoms with Crippen LogP contribution in [0.5, 0.6) is 5.75 Å². The lowest BCUT2D eigenvalue weighted by atomic mass is 10.0. The number of carbonyl (C=O) groups excluding carboxylic acids is 1. The Labute approximate surface area is 180 Å². The zero-order valence-electron chi connectivity index (χ0n) is 18.8. The van der Waals surface area contributed by atoms with E-state index in [1.807, 2.05) is 52.0 Å². The van der Waals surface area contributed by atoms with E-state index >= 15 is 0 Å². The number of methoxy groups -OCH3 is 1. The van der Waals surface area contributed by atoms with Crippen LogP contribution in [0.2, 0.25) is 0 Å². The van der Waals surface area contributed by atoms with E-state index in [2.05, 4.69) is 5.32 Å². The second-order valence-corrected chi connectivity index (χ2v) is 9.56. The van der Waals surface area contributed by atoms with Gasteiger partial charge in [-0.05, 0) is 74.6 Å². The van der Waals surface area contributed by atoms with Crippen molar-refractivity contribution in [3.63, 3.8) is 0 Å². The maximum absolute atomic E-state index is 13.1. The molecule has 0 aliphatic heterocycles. The summed E-state index contributed by atoms with van der Waals surface area (Å²) in [5, 5.41) is 3.01. The van der Waals surface area contributed by atoms with Crippen LogP contribution in [0.15, 0.2) is 36.4 Å². The number of anilines is 1. The Bertz CT molecular complexity index is 1020. The number of nitrogens with zero attached hydrogens (tertiary/aromatic N) is 1. The van der Waals surface area contributed by atoms with Gasteiger partial charge in [0.1, 0.15) is 11.8 Å². The largest absolute Gasteiger partial charge is 0.496 e. The second-order valence-electron chi connectivity index (χ2n) is 7.70. The summed E-state index contributed by atoms with van der Waals surface area (Å²) in [5.41, 5.74) is 4.44. The van der Waals surface area contributed by atoms with E-state index in [1.165, 1.54) is 4.31 Å². The minimum atomic E-state index is -3.66. The van der Waals surface area contributed by atoms with Crippen molar-refractivity contribution in [1.29, 1.82) is 0 Å². The van der Waals surface area contributed by atoms with Gasteiger partial charge >= 0.3 is 0 Å². The van der Waals surface area contributed by atoms with Gasteiger partial charge in [0.25, 0.3) is 0 Å². The fraction of sp³-hybridized carbons (Fsp3) is 0.435. The first-order valence-electron chi connectivity index (χ1n) is 10.0. The molecule has 0 spiro atoms. The molecule has 30 heavy (non-hydrogen) atoms. The zero-order valence-corrected chi connectivity index (χ0v) is 19.6. The molecule has 0 fully saturated rings. The highest BCUT2D eigenvalue weighted by Crippen LogP contribution is 2.26. The molecule has 2 aromatic rings. The van der Waals surface area contributed by atoms with Gasteiger partial charge in [-0.15, -0.1) is 0 Å². The minimum absolute atomic E-state index is 0.231. The fourth-order valence-electron chi connectivity index (χ4n) is 3.50. The lowest BCUT2D eigenvalue weighted by molar-refractivity contribution is -0.122. The number of rotatable bonds is 8. The minimum Gasteiger partial charge on any atom is -0.496 e. The molecule has 7 heteroatoms. The van der Waals surface area contributed by atoms with Crippen LogP contribution in [0, 0.1) is 20.8 Å². The quantitative estimate of drug-likeness (QED) is 0.683. The maximum Gasteiger partial charge on any atom is 0.244 e. The Morgan fingerprint density at radius 2 is 1.73 bits per heavy atom. The molecule has 0 aromatic heterocycles. The molecule has 2 rings (SSSR count). The van der Waals surface area contributed by atoms with Gasteiger partial charge in [-0.25, -0.2) is 8.42 Å². The highest BCUT2D eigenvalue weighted by atomic mass is 32.2. The molecule has 0 unspecified atom stereocenters. The van der Waals surface area contributed by atoms with E-state index in [1.54, 1.807) is 26.2 Å². The number of ether oxygens (including phenoxy) is 1. The first kappa shape index (κ1) is 23.7. The monoisotopic (exact) mass is 432 g/mol. The predicted molar refractivity (Wildman–Crippen MR) is 122 cm³/mol. The summed E-state index contributed by atoms with van der Waals surface area (Å²) in [5.74, 6) is 0.435. The van der Waals surface area contributed by atoms with E-state index in [0.717, 1.165) is 34.3 Å². The number of carbonyl (C=O) groups is 1. The predicted octanol–water partition coefficient (Wildman–Crippen LogP) is 4.04. The van der Waals surface area contributed by atoms with Crippen molar-refractivity contribution in [3.8, 4) is 5.75 Å². The summed E-state index contributed by atoms with van der Waals surface area (Å²) >= 11 is 0. The fourth-order valence-corrected chi connectivity index (χ4v) is 4.67. The smallest absolute Gasteiger partial charge is 0.244 e. The van der Waals surface area contributed by atoms with E-state index in [4.69, 9.17) is 4.74 Å². The van der Waals surface area contributed by atoms with Gasteiger partial charge in [0, 0.05) is 0 Å². The van der Waals surface area contributed by atoms with Gasteiger partial charge in [-0.2, -0.15) is 0 Å². The Kier molecular flexibility index (Phi) is 7.53. The molecule has 0 radical (unpaired) electrons. The number of benzene rings is 2. The van der Waals surface area contributed by atoms with E-state index in [9.17, 15) is 13.2 Å². The molecular weight excluding hydrogens is 400 g/mol. The maximum atomic E-state index is 13.1. The number of aryl methyl sites for hydroxylation is 3. The van der Waals surface area contributed by atoms with E-state index < -0.39 is 16.1 Å². The van der Waals surface area contributed by atoms with Crippen molar-refractivity contribution in [2.45, 2.75) is 53.1 Å². The van der Waals surface area contributed by atoms with Crippen molar-refractivity contribution in [1.82, 2.24) is 5.32 Å². The van der Waals surface area contributed by atoms with Crippen LogP contribution < -0.4 is 14.4 Å². The third-order valence-electron chi connectivity index (χ3n) is 5.38. The van der Waals surface area contributed by atoms with Crippen molar-refractivity contribution < 1.29 is 17.9 Å². The molecule has 0 saturated carbocycles. The van der Waals surface area contributed by atoms with Crippen LogP contribution in [0.4, 0.5) is 5.69 Å². The Morgan fingerprint density at radius 3 is 2.23 bits per heavy atom. The van der Waals surface area contributed by atoms with Gasteiger partial charge in [-0.1, -0.05) is 25.1 Å². The molecule has 2 atom stereocenters. The van der Waals surface area contributed by atoms with Crippen molar-refractivity contribution >= 4 is 21.6 Å². The second kappa shape index (κ2) is 9.51. The number of hydrogen-bond donors (Lipinski definition) is 1. The van der Waals surface area contributed by atoms with Crippen LogP contribution in [0.3, 0.4) is 0 Å². The number of hydrogen-bond acceptors (Lipinski definition) is 4. The van der Waals surface area contributed by atoms with Gasteiger partial charge in [-0.3, -0.25) is 9.10 Å². The molecule has 0 bridgehead atoms. The third kappa shape index (κ3) is 5.33. The summed E-state index contributed by atoms with van der Waals surface area (Å²) in [7, 11) is -2.04. The first-order valence-corrected chi connectivity index (χ1v) is 11.9. The number of nitrogens with one attached hydrogen (secondary N) is 1. The van der Waals surface area contributed by atoms with E-state index in [-0.39, 0.29) is 11.9 Å². The van der Waals surface area contributed by atoms with Gasteiger partial charge in [0.2, 0.25) is 15.9 Å². The van der Waals surface area contributed by atoms with Crippen molar-refractivity contribution in [2.24, 2.45) is 0 Å². The van der Waals surface area contributed by atoms with Crippen LogP contribution in [0.25, 0.3) is 0 Å². The lowest BCUT2D eigenvalue weighted by Gasteiger charge is -2.30. The Balaban J connectivity index is 2.31. The van der Waals surface area contributed by atoms with E-state index in [0.29, 0.717) is 12.1 Å². The van der Waals surface area contributed by atoms with Crippen LogP contribution >= 0.6 is 0 Å². The topological polar surface area (TPSA) is 75.7 Å². The third-order valence-corrected chi connectivity index (χ3v) is 6.62. The zero-order chi connectivity index (χ0) is 22.6. The molecule has 164 valence electrons. The lowest BCUT2D eigenvalue weighted by Crippen LogP contribution is -2.48. The van der Waals surface area contributed by atoms with Crippen LogP contribution in [-0.2, 0) is 14.8 Å². The Morgan fingerprint density at radius 1 is 1.07 bits per heavy atom. The SMILES string of the molecule is CC[C@H](NC(=O)[C@H](C)N(c1ccc(C)c(C)c1)S(C)(=O)=O)c1ccc(OC)c(C)c1.